The molecule has 17 heavy (non-hydrogen) atoms. The zero-order valence-corrected chi connectivity index (χ0v) is 11.4. The van der Waals surface area contributed by atoms with Gasteiger partial charge in [-0.25, -0.2) is 0 Å². The molecule has 1 aliphatic rings. The van der Waals surface area contributed by atoms with Crippen molar-refractivity contribution in [2.45, 2.75) is 52.1 Å². The lowest BCUT2D eigenvalue weighted by Crippen LogP contribution is -2.29. The van der Waals surface area contributed by atoms with E-state index < -0.39 is 5.60 Å². The third-order valence-electron chi connectivity index (χ3n) is 4.28. The Morgan fingerprint density at radius 2 is 2.18 bits per heavy atom. The zero-order valence-electron chi connectivity index (χ0n) is 11.4. The van der Waals surface area contributed by atoms with Crippen molar-refractivity contribution in [3.05, 3.63) is 23.8 Å². The number of aliphatic hydroxyl groups excluding tert-OH is 1. The second kappa shape index (κ2) is 5.83. The van der Waals surface area contributed by atoms with Crippen molar-refractivity contribution in [3.8, 4) is 0 Å². The summed E-state index contributed by atoms with van der Waals surface area (Å²) in [5, 5.41) is 19.0. The molecule has 1 aliphatic carbocycles. The monoisotopic (exact) mass is 238 g/mol. The Hall–Kier alpha value is -0.600. The summed E-state index contributed by atoms with van der Waals surface area (Å²) in [4.78, 5) is 0. The van der Waals surface area contributed by atoms with Crippen LogP contribution >= 0.6 is 0 Å². The number of hydrogen-bond acceptors (Lipinski definition) is 2. The molecule has 98 valence electrons. The molecular weight excluding hydrogens is 212 g/mol. The zero-order chi connectivity index (χ0) is 13.1. The van der Waals surface area contributed by atoms with E-state index >= 15 is 0 Å². The van der Waals surface area contributed by atoms with Crippen molar-refractivity contribution in [3.63, 3.8) is 0 Å². The smallest absolute Gasteiger partial charge is 0.0651 e. The Morgan fingerprint density at radius 1 is 1.53 bits per heavy atom. The molecule has 0 bridgehead atoms. The molecule has 0 amide bonds. The van der Waals surface area contributed by atoms with Crippen LogP contribution in [0.25, 0.3) is 0 Å². The summed E-state index contributed by atoms with van der Waals surface area (Å²) >= 11 is 0. The second-order valence-corrected chi connectivity index (χ2v) is 5.70. The van der Waals surface area contributed by atoms with Gasteiger partial charge in [0.25, 0.3) is 0 Å². The highest BCUT2D eigenvalue weighted by Crippen LogP contribution is 2.43. The number of hydrogen-bond donors (Lipinski definition) is 2. The van der Waals surface area contributed by atoms with Gasteiger partial charge in [0.15, 0.2) is 0 Å². The highest BCUT2D eigenvalue weighted by Gasteiger charge is 2.41. The minimum absolute atomic E-state index is 0.140. The van der Waals surface area contributed by atoms with E-state index in [1.165, 1.54) is 5.57 Å². The topological polar surface area (TPSA) is 40.5 Å². The molecule has 1 fully saturated rings. The number of rotatable bonds is 5. The average molecular weight is 238 g/mol. The van der Waals surface area contributed by atoms with Gasteiger partial charge < -0.3 is 10.2 Å². The molecule has 0 aromatic carbocycles. The molecule has 3 unspecified atom stereocenters. The van der Waals surface area contributed by atoms with Gasteiger partial charge in [0.05, 0.1) is 12.2 Å². The number of aliphatic hydroxyl groups is 2. The van der Waals surface area contributed by atoms with Gasteiger partial charge >= 0.3 is 0 Å². The first kappa shape index (κ1) is 14.5. The van der Waals surface area contributed by atoms with E-state index in [0.29, 0.717) is 11.8 Å². The highest BCUT2D eigenvalue weighted by atomic mass is 16.3. The first-order valence-electron chi connectivity index (χ1n) is 6.55. The van der Waals surface area contributed by atoms with Crippen LogP contribution in [0.15, 0.2) is 23.8 Å². The van der Waals surface area contributed by atoms with Crippen LogP contribution in [0.3, 0.4) is 0 Å². The normalized spacial score (nSPS) is 34.1. The van der Waals surface area contributed by atoms with Gasteiger partial charge in [0.1, 0.15) is 0 Å². The quantitative estimate of drug-likeness (QED) is 0.723. The molecule has 0 spiro atoms. The minimum atomic E-state index is -0.523. The van der Waals surface area contributed by atoms with Gasteiger partial charge in [-0.05, 0) is 51.4 Å². The first-order chi connectivity index (χ1) is 7.88. The lowest BCUT2D eigenvalue weighted by molar-refractivity contribution is 0.0214. The average Bonchev–Trinajstić information content (AvgIpc) is 2.54. The van der Waals surface area contributed by atoms with E-state index in [-0.39, 0.29) is 6.61 Å². The Bertz CT molecular complexity index is 302. The van der Waals surface area contributed by atoms with Gasteiger partial charge in [-0.3, -0.25) is 0 Å². The largest absolute Gasteiger partial charge is 0.392 e. The maximum Gasteiger partial charge on any atom is 0.0651 e. The first-order valence-corrected chi connectivity index (χ1v) is 6.55. The molecule has 0 aliphatic heterocycles. The fourth-order valence-electron chi connectivity index (χ4n) is 2.67. The van der Waals surface area contributed by atoms with E-state index in [2.05, 4.69) is 19.6 Å². The third kappa shape index (κ3) is 3.68. The van der Waals surface area contributed by atoms with Gasteiger partial charge in [-0.15, -0.1) is 0 Å². The Morgan fingerprint density at radius 3 is 2.65 bits per heavy atom. The van der Waals surface area contributed by atoms with Crippen molar-refractivity contribution in [2.75, 3.05) is 6.61 Å². The molecule has 0 radical (unpaired) electrons. The molecule has 1 rings (SSSR count). The van der Waals surface area contributed by atoms with Gasteiger partial charge in [0, 0.05) is 0 Å². The fraction of sp³-hybridized carbons (Fsp3) is 0.733. The number of allylic oxidation sites excluding steroid dienone is 2. The van der Waals surface area contributed by atoms with Gasteiger partial charge in [-0.1, -0.05) is 30.7 Å². The van der Waals surface area contributed by atoms with E-state index in [1.807, 2.05) is 13.8 Å². The van der Waals surface area contributed by atoms with Crippen molar-refractivity contribution < 1.29 is 10.2 Å². The lowest BCUT2D eigenvalue weighted by atomic mass is 9.83. The van der Waals surface area contributed by atoms with Crippen LogP contribution in [0, 0.1) is 11.8 Å². The lowest BCUT2D eigenvalue weighted by Gasteiger charge is -2.26. The summed E-state index contributed by atoms with van der Waals surface area (Å²) in [6.45, 7) is 10.3. The van der Waals surface area contributed by atoms with E-state index in [9.17, 15) is 5.11 Å². The summed E-state index contributed by atoms with van der Waals surface area (Å²) < 4.78 is 0. The van der Waals surface area contributed by atoms with Crippen molar-refractivity contribution in [2.24, 2.45) is 11.8 Å². The fourth-order valence-corrected chi connectivity index (χ4v) is 2.67. The Kier molecular flexibility index (Phi) is 4.96. The molecular formula is C15H26O2. The van der Waals surface area contributed by atoms with Crippen molar-refractivity contribution in [1.82, 2.24) is 0 Å². The van der Waals surface area contributed by atoms with Crippen LogP contribution in [-0.2, 0) is 0 Å². The molecule has 0 aromatic rings. The molecule has 0 heterocycles. The third-order valence-corrected chi connectivity index (χ3v) is 4.28. The minimum Gasteiger partial charge on any atom is -0.392 e. The molecule has 2 N–H and O–H groups in total. The predicted octanol–water partition coefficient (Wildman–Crippen LogP) is 3.06. The van der Waals surface area contributed by atoms with Crippen LogP contribution < -0.4 is 0 Å². The Balaban J connectivity index is 2.45. The summed E-state index contributed by atoms with van der Waals surface area (Å²) in [6.07, 6.45) is 5.90. The molecule has 0 aromatic heterocycles. The van der Waals surface area contributed by atoms with Crippen LogP contribution in [0.4, 0.5) is 0 Å². The predicted molar refractivity (Wildman–Crippen MR) is 71.7 cm³/mol. The highest BCUT2D eigenvalue weighted by molar-refractivity contribution is 5.11. The standard InChI is InChI=1S/C15H26O2/c1-11(10-16)6-5-7-12(2)14-8-9-15(4,17)13(14)3/h6,13-14,16-17H,2,5,7-10H2,1,3-4H3. The molecule has 2 heteroatoms. The van der Waals surface area contributed by atoms with Crippen LogP contribution in [0.2, 0.25) is 0 Å². The molecule has 1 saturated carbocycles. The van der Waals surface area contributed by atoms with E-state index in [1.54, 1.807) is 0 Å². The molecule has 2 nitrogen and oxygen atoms in total. The van der Waals surface area contributed by atoms with Crippen LogP contribution in [0.1, 0.15) is 46.5 Å². The van der Waals surface area contributed by atoms with Crippen LogP contribution in [-0.4, -0.2) is 22.4 Å². The van der Waals surface area contributed by atoms with Crippen molar-refractivity contribution >= 4 is 0 Å². The maximum absolute atomic E-state index is 10.1. The summed E-state index contributed by atoms with van der Waals surface area (Å²) in [7, 11) is 0. The van der Waals surface area contributed by atoms with Crippen LogP contribution in [0.5, 0.6) is 0 Å². The van der Waals surface area contributed by atoms with Gasteiger partial charge in [-0.2, -0.15) is 0 Å². The van der Waals surface area contributed by atoms with Gasteiger partial charge in [0.2, 0.25) is 0 Å². The van der Waals surface area contributed by atoms with E-state index in [0.717, 1.165) is 31.3 Å². The summed E-state index contributed by atoms with van der Waals surface area (Å²) in [5.41, 5.74) is 1.74. The van der Waals surface area contributed by atoms with Crippen molar-refractivity contribution in [1.29, 1.82) is 0 Å². The second-order valence-electron chi connectivity index (χ2n) is 5.70. The molecule has 3 atom stereocenters. The SMILES string of the molecule is C=C(CCC=C(C)CO)C1CCC(C)(O)C1C. The molecule has 0 saturated heterocycles. The van der Waals surface area contributed by atoms with E-state index in [4.69, 9.17) is 5.11 Å². The maximum atomic E-state index is 10.1. The summed E-state index contributed by atoms with van der Waals surface area (Å²) in [6, 6.07) is 0. The Labute approximate surface area is 105 Å². The summed E-state index contributed by atoms with van der Waals surface area (Å²) in [5.74, 6) is 0.755.